The smallest absolute Gasteiger partial charge is 0.233 e. The van der Waals surface area contributed by atoms with Gasteiger partial charge in [0.15, 0.2) is 0 Å². The highest BCUT2D eigenvalue weighted by Gasteiger charge is 2.59. The summed E-state index contributed by atoms with van der Waals surface area (Å²) in [5, 5.41) is 0. The maximum Gasteiger partial charge on any atom is 0.233 e. The molecule has 3 aliphatic rings. The molecule has 2 fully saturated rings. The first-order chi connectivity index (χ1) is 10.7. The molecule has 1 saturated carbocycles. The Morgan fingerprint density at radius 2 is 1.68 bits per heavy atom. The fourth-order valence-corrected chi connectivity index (χ4v) is 4.69. The number of hydrogen-bond acceptors (Lipinski definition) is 2. The summed E-state index contributed by atoms with van der Waals surface area (Å²) in [4.78, 5) is 27.0. The van der Waals surface area contributed by atoms with Crippen molar-refractivity contribution in [1.82, 2.24) is 4.90 Å². The first-order valence-electron chi connectivity index (χ1n) is 9.20. The molecule has 1 saturated heterocycles. The van der Waals surface area contributed by atoms with Crippen LogP contribution in [0.1, 0.15) is 58.8 Å². The Bertz CT molecular complexity index is 440. The molecule has 0 radical (unpaired) electrons. The minimum Gasteiger partial charge on any atom is -0.282 e. The number of amides is 2. The predicted octanol–water partition coefficient (Wildman–Crippen LogP) is 3.79. The van der Waals surface area contributed by atoms with E-state index in [-0.39, 0.29) is 23.7 Å². The lowest BCUT2D eigenvalue weighted by Crippen LogP contribution is -2.37. The van der Waals surface area contributed by atoms with Crippen LogP contribution in [0, 0.1) is 29.6 Å². The molecule has 3 rings (SSSR count). The summed E-state index contributed by atoms with van der Waals surface area (Å²) >= 11 is 0. The summed E-state index contributed by atoms with van der Waals surface area (Å²) in [5.74, 6) is 1.34. The fourth-order valence-electron chi connectivity index (χ4n) is 4.69. The van der Waals surface area contributed by atoms with Crippen LogP contribution in [0.25, 0.3) is 0 Å². The lowest BCUT2D eigenvalue weighted by Gasteiger charge is -2.23. The standard InChI is InChI=1S/C19H29NO2/c1-3-5-6-7-8-13(4-2)12-20-18(21)16-14-9-10-15(11-14)17(16)19(20)22/h9-10,13-17H,3-8,11-12H2,1-2H3. The van der Waals surface area contributed by atoms with Crippen LogP contribution in [0.2, 0.25) is 0 Å². The second kappa shape index (κ2) is 6.55. The van der Waals surface area contributed by atoms with Gasteiger partial charge in [-0.25, -0.2) is 0 Å². The molecule has 122 valence electrons. The molecule has 0 aromatic rings. The van der Waals surface area contributed by atoms with Crippen LogP contribution in [0.15, 0.2) is 12.2 Å². The van der Waals surface area contributed by atoms with Crippen molar-refractivity contribution in [3.8, 4) is 0 Å². The van der Waals surface area contributed by atoms with E-state index < -0.39 is 0 Å². The first-order valence-corrected chi connectivity index (χ1v) is 9.20. The van der Waals surface area contributed by atoms with E-state index in [4.69, 9.17) is 0 Å². The van der Waals surface area contributed by atoms with Crippen molar-refractivity contribution in [2.75, 3.05) is 6.54 Å². The minimum atomic E-state index is -0.0277. The van der Waals surface area contributed by atoms with Crippen molar-refractivity contribution >= 4 is 11.8 Å². The van der Waals surface area contributed by atoms with E-state index in [1.807, 2.05) is 0 Å². The number of rotatable bonds is 8. The summed E-state index contributed by atoms with van der Waals surface area (Å²) in [5.41, 5.74) is 0. The molecular weight excluding hydrogens is 274 g/mol. The molecular formula is C19H29NO2. The summed E-state index contributed by atoms with van der Waals surface area (Å²) in [6.45, 7) is 5.06. The molecule has 1 aliphatic heterocycles. The van der Waals surface area contributed by atoms with Crippen molar-refractivity contribution in [2.45, 2.75) is 58.8 Å². The van der Waals surface area contributed by atoms with Gasteiger partial charge in [0, 0.05) is 6.54 Å². The predicted molar refractivity (Wildman–Crippen MR) is 87.0 cm³/mol. The molecule has 0 N–H and O–H groups in total. The molecule has 1 heterocycles. The SMILES string of the molecule is CCCCCCC(CC)CN1C(=O)C2C3C=CC(C3)C2C1=O. The third-order valence-electron chi connectivity index (χ3n) is 6.05. The first kappa shape index (κ1) is 15.8. The molecule has 3 heteroatoms. The number of hydrogen-bond donors (Lipinski definition) is 0. The summed E-state index contributed by atoms with van der Waals surface area (Å²) in [6, 6.07) is 0. The van der Waals surface area contributed by atoms with Gasteiger partial charge in [-0.15, -0.1) is 0 Å². The van der Waals surface area contributed by atoms with Crippen molar-refractivity contribution in [3.05, 3.63) is 12.2 Å². The Hall–Kier alpha value is -1.12. The quantitative estimate of drug-likeness (QED) is 0.389. The Labute approximate surface area is 134 Å². The molecule has 22 heavy (non-hydrogen) atoms. The zero-order chi connectivity index (χ0) is 15.7. The van der Waals surface area contributed by atoms with Gasteiger partial charge in [0.2, 0.25) is 11.8 Å². The highest BCUT2D eigenvalue weighted by Crippen LogP contribution is 2.52. The number of carbonyl (C=O) groups excluding carboxylic acids is 2. The number of fused-ring (bicyclic) bond motifs is 5. The normalized spacial score (nSPS) is 33.8. The van der Waals surface area contributed by atoms with E-state index in [0.717, 1.165) is 19.3 Å². The molecule has 0 spiro atoms. The summed E-state index contributed by atoms with van der Waals surface area (Å²) < 4.78 is 0. The van der Waals surface area contributed by atoms with Crippen LogP contribution >= 0.6 is 0 Å². The molecule has 2 amide bonds. The number of nitrogens with zero attached hydrogens (tertiary/aromatic N) is 1. The summed E-state index contributed by atoms with van der Waals surface area (Å²) in [6.07, 6.45) is 12.6. The van der Waals surface area contributed by atoms with Gasteiger partial charge in [0.1, 0.15) is 0 Å². The monoisotopic (exact) mass is 303 g/mol. The molecule has 0 aromatic heterocycles. The average molecular weight is 303 g/mol. The molecule has 0 aromatic carbocycles. The molecule has 3 nitrogen and oxygen atoms in total. The van der Waals surface area contributed by atoms with Crippen molar-refractivity contribution < 1.29 is 9.59 Å². The zero-order valence-electron chi connectivity index (χ0n) is 14.0. The van der Waals surface area contributed by atoms with Crippen LogP contribution in [0.3, 0.4) is 0 Å². The fraction of sp³-hybridized carbons (Fsp3) is 0.789. The van der Waals surface area contributed by atoms with Gasteiger partial charge in [-0.3, -0.25) is 14.5 Å². The lowest BCUT2D eigenvalue weighted by atomic mass is 9.85. The van der Waals surface area contributed by atoms with E-state index in [1.165, 1.54) is 25.7 Å². The van der Waals surface area contributed by atoms with Crippen molar-refractivity contribution in [1.29, 1.82) is 0 Å². The zero-order valence-corrected chi connectivity index (χ0v) is 14.0. The van der Waals surface area contributed by atoms with E-state index in [2.05, 4.69) is 26.0 Å². The maximum absolute atomic E-state index is 12.7. The van der Waals surface area contributed by atoms with Gasteiger partial charge in [-0.05, 0) is 30.6 Å². The second-order valence-electron chi connectivity index (χ2n) is 7.41. The number of allylic oxidation sites excluding steroid dienone is 2. The van der Waals surface area contributed by atoms with E-state index in [0.29, 0.717) is 24.3 Å². The summed E-state index contributed by atoms with van der Waals surface area (Å²) in [7, 11) is 0. The largest absolute Gasteiger partial charge is 0.282 e. The minimum absolute atomic E-state index is 0.0277. The third-order valence-corrected chi connectivity index (χ3v) is 6.05. The third kappa shape index (κ3) is 2.63. The maximum atomic E-state index is 12.7. The van der Waals surface area contributed by atoms with Gasteiger partial charge in [-0.1, -0.05) is 58.1 Å². The number of imide groups is 1. The topological polar surface area (TPSA) is 37.4 Å². The van der Waals surface area contributed by atoms with Gasteiger partial charge in [0.25, 0.3) is 0 Å². The Kier molecular flexibility index (Phi) is 4.70. The van der Waals surface area contributed by atoms with Gasteiger partial charge < -0.3 is 0 Å². The molecule has 5 atom stereocenters. The number of unbranched alkanes of at least 4 members (excludes halogenated alkanes) is 3. The van der Waals surface area contributed by atoms with Crippen molar-refractivity contribution in [2.24, 2.45) is 29.6 Å². The Morgan fingerprint density at radius 1 is 1.05 bits per heavy atom. The van der Waals surface area contributed by atoms with E-state index in [1.54, 1.807) is 4.90 Å². The number of likely N-dealkylation sites (tertiary alicyclic amines) is 1. The Morgan fingerprint density at radius 3 is 2.23 bits per heavy atom. The molecule has 5 unspecified atom stereocenters. The highest BCUT2D eigenvalue weighted by atomic mass is 16.2. The average Bonchev–Trinajstić information content (AvgIpc) is 3.19. The van der Waals surface area contributed by atoms with Gasteiger partial charge >= 0.3 is 0 Å². The van der Waals surface area contributed by atoms with Crippen molar-refractivity contribution in [3.63, 3.8) is 0 Å². The van der Waals surface area contributed by atoms with Crippen LogP contribution in [-0.4, -0.2) is 23.3 Å². The van der Waals surface area contributed by atoms with Crippen LogP contribution in [0.5, 0.6) is 0 Å². The van der Waals surface area contributed by atoms with E-state index in [9.17, 15) is 9.59 Å². The molecule has 2 bridgehead atoms. The van der Waals surface area contributed by atoms with E-state index >= 15 is 0 Å². The van der Waals surface area contributed by atoms with Crippen LogP contribution in [0.4, 0.5) is 0 Å². The molecule has 2 aliphatic carbocycles. The second-order valence-corrected chi connectivity index (χ2v) is 7.41. The Balaban J connectivity index is 1.58. The van der Waals surface area contributed by atoms with Gasteiger partial charge in [0.05, 0.1) is 11.8 Å². The van der Waals surface area contributed by atoms with Crippen LogP contribution < -0.4 is 0 Å². The lowest BCUT2D eigenvalue weighted by molar-refractivity contribution is -0.141. The number of carbonyl (C=O) groups is 2. The van der Waals surface area contributed by atoms with Gasteiger partial charge in [-0.2, -0.15) is 0 Å². The van der Waals surface area contributed by atoms with Crippen LogP contribution in [-0.2, 0) is 9.59 Å². The highest BCUT2D eigenvalue weighted by molar-refractivity contribution is 6.06.